The van der Waals surface area contributed by atoms with E-state index in [1.54, 1.807) is 41.5 Å². The molecule has 3 rings (SSSR count). The highest BCUT2D eigenvalue weighted by Gasteiger charge is 2.48. The van der Waals surface area contributed by atoms with Crippen LogP contribution in [0.1, 0.15) is 43.6 Å². The fourth-order valence-corrected chi connectivity index (χ4v) is 4.76. The van der Waals surface area contributed by atoms with Crippen LogP contribution in [0.2, 0.25) is 0 Å². The summed E-state index contributed by atoms with van der Waals surface area (Å²) in [5.74, 6) is -0.101. The SMILES string of the molecule is CSc1nc(COc2ccc(C3(N)CCN(C(CC(C)C)C(=O)NO)C3=O)cc2)c(C)n1C. The first kappa shape index (κ1) is 25.1. The number of nitrogens with zero attached hydrogens (tertiary/aromatic N) is 3. The first-order valence-electron chi connectivity index (χ1n) is 11.0. The van der Waals surface area contributed by atoms with Gasteiger partial charge in [-0.15, -0.1) is 0 Å². The molecular weight excluding hydrogens is 442 g/mol. The molecular formula is C23H33N5O4S. The van der Waals surface area contributed by atoms with Crippen LogP contribution in [0.15, 0.2) is 29.4 Å². The fourth-order valence-electron chi connectivity index (χ4n) is 4.15. The lowest BCUT2D eigenvalue weighted by molar-refractivity contribution is -0.144. The Morgan fingerprint density at radius 3 is 2.58 bits per heavy atom. The lowest BCUT2D eigenvalue weighted by atomic mass is 9.89. The standard InChI is InChI=1S/C23H33N5O4S/c1-14(2)12-19(20(29)26-31)28-11-10-23(24,21(28)30)16-6-8-17(9-7-16)32-13-18-15(3)27(4)22(25-18)33-5/h6-9,14,19,31H,10-13,24H2,1-5H3,(H,26,29). The number of nitrogens with one attached hydrogen (secondary N) is 1. The lowest BCUT2D eigenvalue weighted by Gasteiger charge is -2.30. The Kier molecular flexibility index (Phi) is 7.71. The van der Waals surface area contributed by atoms with Crippen molar-refractivity contribution in [3.05, 3.63) is 41.2 Å². The molecule has 1 aliphatic rings. The minimum absolute atomic E-state index is 0.166. The van der Waals surface area contributed by atoms with Gasteiger partial charge in [-0.3, -0.25) is 14.8 Å². The Morgan fingerprint density at radius 2 is 2.03 bits per heavy atom. The zero-order valence-electron chi connectivity index (χ0n) is 19.8. The van der Waals surface area contributed by atoms with Gasteiger partial charge in [0.15, 0.2) is 5.16 Å². The number of hydrogen-bond acceptors (Lipinski definition) is 7. The highest BCUT2D eigenvalue weighted by atomic mass is 32.2. The molecule has 0 bridgehead atoms. The second-order valence-corrected chi connectivity index (χ2v) is 9.62. The quantitative estimate of drug-likeness (QED) is 0.289. The maximum absolute atomic E-state index is 13.3. The summed E-state index contributed by atoms with van der Waals surface area (Å²) in [6.45, 7) is 6.61. The highest BCUT2D eigenvalue weighted by Crippen LogP contribution is 2.34. The second kappa shape index (κ2) is 10.1. The van der Waals surface area contributed by atoms with Crippen LogP contribution in [0.5, 0.6) is 5.75 Å². The smallest absolute Gasteiger partial charge is 0.266 e. The van der Waals surface area contributed by atoms with Crippen molar-refractivity contribution >= 4 is 23.6 Å². The van der Waals surface area contributed by atoms with Gasteiger partial charge in [0, 0.05) is 19.3 Å². The van der Waals surface area contributed by atoms with Crippen LogP contribution in [-0.2, 0) is 28.8 Å². The van der Waals surface area contributed by atoms with E-state index >= 15 is 0 Å². The molecule has 2 atom stereocenters. The van der Waals surface area contributed by atoms with Gasteiger partial charge >= 0.3 is 0 Å². The molecule has 1 aliphatic heterocycles. The van der Waals surface area contributed by atoms with Gasteiger partial charge in [0.25, 0.3) is 5.91 Å². The summed E-state index contributed by atoms with van der Waals surface area (Å²) in [6.07, 6.45) is 2.80. The van der Waals surface area contributed by atoms with E-state index in [-0.39, 0.29) is 11.8 Å². The van der Waals surface area contributed by atoms with Crippen molar-refractivity contribution in [3.8, 4) is 5.75 Å². The summed E-state index contributed by atoms with van der Waals surface area (Å²) in [5, 5.41) is 10.1. The van der Waals surface area contributed by atoms with Gasteiger partial charge in [-0.2, -0.15) is 0 Å². The molecule has 2 amide bonds. The van der Waals surface area contributed by atoms with Crippen LogP contribution in [-0.4, -0.2) is 50.3 Å². The first-order valence-corrected chi connectivity index (χ1v) is 12.2. The van der Waals surface area contributed by atoms with Crippen molar-refractivity contribution in [1.29, 1.82) is 0 Å². The van der Waals surface area contributed by atoms with Crippen molar-refractivity contribution in [3.63, 3.8) is 0 Å². The molecule has 1 saturated heterocycles. The van der Waals surface area contributed by atoms with E-state index in [4.69, 9.17) is 15.7 Å². The van der Waals surface area contributed by atoms with Crippen molar-refractivity contribution in [2.24, 2.45) is 18.7 Å². The number of carbonyl (C=O) groups excluding carboxylic acids is 2. The Labute approximate surface area is 198 Å². The predicted molar refractivity (Wildman–Crippen MR) is 126 cm³/mol. The van der Waals surface area contributed by atoms with E-state index in [1.165, 1.54) is 4.90 Å². The molecule has 4 N–H and O–H groups in total. The molecule has 2 aromatic rings. The summed E-state index contributed by atoms with van der Waals surface area (Å²) in [4.78, 5) is 31.5. The molecule has 0 radical (unpaired) electrons. The van der Waals surface area contributed by atoms with Crippen LogP contribution in [0.25, 0.3) is 0 Å². The third-order valence-corrected chi connectivity index (χ3v) is 6.97. The number of rotatable bonds is 9. The molecule has 0 saturated carbocycles. The van der Waals surface area contributed by atoms with Gasteiger partial charge in [-0.25, -0.2) is 10.5 Å². The maximum Gasteiger partial charge on any atom is 0.266 e. The van der Waals surface area contributed by atoms with Crippen molar-refractivity contribution in [2.45, 2.75) is 57.0 Å². The van der Waals surface area contributed by atoms with Gasteiger partial charge in [-0.05, 0) is 49.6 Å². The van der Waals surface area contributed by atoms with Crippen LogP contribution < -0.4 is 16.0 Å². The average Bonchev–Trinajstić information content (AvgIpc) is 3.26. The van der Waals surface area contributed by atoms with Gasteiger partial charge in [0.1, 0.15) is 23.9 Å². The summed E-state index contributed by atoms with van der Waals surface area (Å²) < 4.78 is 7.94. The Bertz CT molecular complexity index is 1010. The van der Waals surface area contributed by atoms with Crippen LogP contribution in [0.4, 0.5) is 0 Å². The molecule has 33 heavy (non-hydrogen) atoms. The molecule has 9 nitrogen and oxygen atoms in total. The number of aromatic nitrogens is 2. The summed E-state index contributed by atoms with van der Waals surface area (Å²) >= 11 is 1.58. The lowest BCUT2D eigenvalue weighted by Crippen LogP contribution is -2.52. The molecule has 2 heterocycles. The van der Waals surface area contributed by atoms with Crippen LogP contribution in [0, 0.1) is 12.8 Å². The molecule has 180 valence electrons. The van der Waals surface area contributed by atoms with Gasteiger partial charge in [-0.1, -0.05) is 37.7 Å². The zero-order valence-corrected chi connectivity index (χ0v) is 20.6. The summed E-state index contributed by atoms with van der Waals surface area (Å²) in [7, 11) is 1.98. The summed E-state index contributed by atoms with van der Waals surface area (Å²) in [5.41, 5.74) is 9.60. The van der Waals surface area contributed by atoms with E-state index in [2.05, 4.69) is 4.98 Å². The predicted octanol–water partition coefficient (Wildman–Crippen LogP) is 2.34. The number of imidazole rings is 1. The van der Waals surface area contributed by atoms with Crippen molar-refractivity contribution in [2.75, 3.05) is 12.8 Å². The van der Waals surface area contributed by atoms with Gasteiger partial charge in [0.2, 0.25) is 5.91 Å². The number of hydrogen-bond donors (Lipinski definition) is 3. The van der Waals surface area contributed by atoms with Crippen LogP contribution >= 0.6 is 11.8 Å². The first-order chi connectivity index (χ1) is 15.6. The Hall–Kier alpha value is -2.56. The molecule has 1 fully saturated rings. The second-order valence-electron chi connectivity index (χ2n) is 8.84. The molecule has 10 heteroatoms. The van der Waals surface area contributed by atoms with E-state index in [1.807, 2.05) is 38.6 Å². The van der Waals surface area contributed by atoms with Crippen LogP contribution in [0.3, 0.4) is 0 Å². The molecule has 0 aliphatic carbocycles. The molecule has 1 aromatic carbocycles. The zero-order chi connectivity index (χ0) is 24.3. The van der Waals surface area contributed by atoms with E-state index < -0.39 is 17.5 Å². The molecule has 1 aromatic heterocycles. The largest absolute Gasteiger partial charge is 0.487 e. The number of ether oxygens (including phenoxy) is 1. The Balaban J connectivity index is 1.72. The third kappa shape index (κ3) is 5.02. The number of benzene rings is 1. The van der Waals surface area contributed by atoms with Gasteiger partial charge < -0.3 is 19.9 Å². The van der Waals surface area contributed by atoms with Crippen molar-refractivity contribution < 1.29 is 19.5 Å². The van der Waals surface area contributed by atoms with E-state index in [0.717, 1.165) is 16.5 Å². The topological polar surface area (TPSA) is 123 Å². The van der Waals surface area contributed by atoms with Gasteiger partial charge in [0.05, 0.1) is 5.69 Å². The van der Waals surface area contributed by atoms with E-state index in [0.29, 0.717) is 37.3 Å². The minimum atomic E-state index is -1.23. The number of amides is 2. The number of likely N-dealkylation sites (tertiary alicyclic amines) is 1. The third-order valence-electron chi connectivity index (χ3n) is 6.24. The number of carbonyl (C=O) groups is 2. The normalized spacial score (nSPS) is 19.3. The molecule has 2 unspecified atom stereocenters. The van der Waals surface area contributed by atoms with Crippen molar-refractivity contribution in [1.82, 2.24) is 19.9 Å². The number of nitrogens with two attached hydrogens (primary N) is 1. The fraction of sp³-hybridized carbons (Fsp3) is 0.522. The minimum Gasteiger partial charge on any atom is -0.487 e. The molecule has 0 spiro atoms. The number of hydroxylamine groups is 1. The summed E-state index contributed by atoms with van der Waals surface area (Å²) in [6, 6.07) is 6.40. The monoisotopic (exact) mass is 475 g/mol. The average molecular weight is 476 g/mol. The Morgan fingerprint density at radius 1 is 1.36 bits per heavy atom. The number of thioether (sulfide) groups is 1. The van der Waals surface area contributed by atoms with E-state index in [9.17, 15) is 9.59 Å². The maximum atomic E-state index is 13.3. The highest BCUT2D eigenvalue weighted by molar-refractivity contribution is 7.98.